The van der Waals surface area contributed by atoms with Gasteiger partial charge in [-0.2, -0.15) is 26.3 Å². The number of nitrogens with zero attached hydrogens (tertiary/aromatic N) is 6. The maximum Gasteiger partial charge on any atom is 2.00 e. The molecule has 4 aromatic heterocycles. The summed E-state index contributed by atoms with van der Waals surface area (Å²) in [5.41, 5.74) is 2.09. The van der Waals surface area contributed by atoms with Crippen molar-refractivity contribution >= 4 is 0 Å². The van der Waals surface area contributed by atoms with Gasteiger partial charge < -0.3 is 20.4 Å². The summed E-state index contributed by atoms with van der Waals surface area (Å²) in [5.74, 6) is 0. The van der Waals surface area contributed by atoms with E-state index >= 15 is 0 Å². The van der Waals surface area contributed by atoms with Crippen LogP contribution in [0.1, 0.15) is 11.4 Å². The second-order valence-electron chi connectivity index (χ2n) is 9.13. The van der Waals surface area contributed by atoms with E-state index in [1.54, 1.807) is 36.4 Å². The Morgan fingerprint density at radius 2 is 0.791 bits per heavy atom. The molecule has 0 aliphatic carbocycles. The van der Waals surface area contributed by atoms with Crippen molar-refractivity contribution < 1.29 is 45.8 Å². The molecule has 6 aromatic rings. The molecule has 0 aliphatic rings. The van der Waals surface area contributed by atoms with Crippen LogP contribution in [0.5, 0.6) is 0 Å². The largest absolute Gasteiger partial charge is 2.00 e. The average Bonchev–Trinajstić information content (AvgIpc) is 3.69. The second kappa shape index (κ2) is 11.6. The summed E-state index contributed by atoms with van der Waals surface area (Å²) in [6.07, 6.45) is -9.25. The minimum Gasteiger partial charge on any atom is -0.573 e. The van der Waals surface area contributed by atoms with Crippen LogP contribution in [0.3, 0.4) is 0 Å². The molecule has 210 valence electrons. The van der Waals surface area contributed by atoms with E-state index < -0.39 is 23.7 Å². The number of halogens is 6. The molecule has 4 heterocycles. The van der Waals surface area contributed by atoms with Gasteiger partial charge in [0, 0.05) is 11.1 Å². The molecule has 0 aliphatic heterocycles. The maximum absolute atomic E-state index is 13.1. The van der Waals surface area contributed by atoms with Crippen molar-refractivity contribution in [3.05, 3.63) is 108 Å². The van der Waals surface area contributed by atoms with Crippen LogP contribution in [0.2, 0.25) is 0 Å². The standard InChI is InChI=1S/C30H16F6N6.Zn/c31-29(32,33)27-15-25(39-41-27)23-13-5-11-21(37-23)19-9-3-1-7-17(19)18-8-2-4-10-20(18)22-12-6-14-24(38-22)26-16-28(42-40-26)30(34,35)36;/h1-16H;/q-2;+2. The molecule has 0 saturated carbocycles. The molecule has 0 unspecified atom stereocenters. The van der Waals surface area contributed by atoms with Gasteiger partial charge in [0.1, 0.15) is 11.4 Å². The molecule has 0 fully saturated rings. The molecule has 0 saturated heterocycles. The molecular weight excluding hydrogens is 624 g/mol. The van der Waals surface area contributed by atoms with Crippen molar-refractivity contribution in [2.75, 3.05) is 0 Å². The van der Waals surface area contributed by atoms with Gasteiger partial charge in [-0.15, -0.1) is 0 Å². The van der Waals surface area contributed by atoms with Gasteiger partial charge in [-0.05, 0) is 47.5 Å². The second-order valence-corrected chi connectivity index (χ2v) is 9.13. The maximum atomic E-state index is 13.1. The van der Waals surface area contributed by atoms with E-state index in [9.17, 15) is 26.3 Å². The predicted octanol–water partition coefficient (Wildman–Crippen LogP) is 7.55. The number of rotatable bonds is 5. The Labute approximate surface area is 253 Å². The van der Waals surface area contributed by atoms with E-state index in [1.165, 1.54) is 0 Å². The topological polar surface area (TPSA) is 79.8 Å². The van der Waals surface area contributed by atoms with E-state index in [1.807, 2.05) is 48.5 Å². The Morgan fingerprint density at radius 1 is 0.442 bits per heavy atom. The van der Waals surface area contributed by atoms with Gasteiger partial charge in [-0.3, -0.25) is 0 Å². The number of aromatic nitrogens is 6. The minimum atomic E-state index is -4.62. The Bertz CT molecular complexity index is 1760. The van der Waals surface area contributed by atoms with Crippen LogP contribution in [0.25, 0.3) is 56.4 Å². The zero-order valence-electron chi connectivity index (χ0n) is 21.9. The SMILES string of the molecule is FC(F)(F)c1cc(-c2cccc(-c3ccccc3-c3ccccc3-c3cccc(-c4cc(C(F)(F)F)n[n-]4)n3)n2)[n-]n1.[Zn+2]. The third kappa shape index (κ3) is 6.12. The van der Waals surface area contributed by atoms with Gasteiger partial charge in [-0.25, -0.2) is 9.97 Å². The van der Waals surface area contributed by atoms with Crippen LogP contribution in [0.4, 0.5) is 26.3 Å². The minimum absolute atomic E-state index is 0. The van der Waals surface area contributed by atoms with Gasteiger partial charge in [-0.1, -0.05) is 72.1 Å². The summed E-state index contributed by atoms with van der Waals surface area (Å²) in [5, 5.41) is 13.8. The fourth-order valence-electron chi connectivity index (χ4n) is 4.45. The Balaban J connectivity index is 0.00000368. The van der Waals surface area contributed by atoms with Crippen molar-refractivity contribution in [1.29, 1.82) is 0 Å². The van der Waals surface area contributed by atoms with E-state index in [2.05, 4.69) is 30.4 Å². The van der Waals surface area contributed by atoms with Crippen LogP contribution >= 0.6 is 0 Å². The van der Waals surface area contributed by atoms with Crippen LogP contribution in [0.15, 0.2) is 97.1 Å². The quantitative estimate of drug-likeness (QED) is 0.143. The molecule has 6 rings (SSSR count). The van der Waals surface area contributed by atoms with Gasteiger partial charge in [0.2, 0.25) is 0 Å². The smallest absolute Gasteiger partial charge is 0.573 e. The van der Waals surface area contributed by atoms with E-state index in [-0.39, 0.29) is 42.3 Å². The van der Waals surface area contributed by atoms with Crippen LogP contribution in [0, 0.1) is 0 Å². The first-order valence-electron chi connectivity index (χ1n) is 12.4. The number of benzene rings is 2. The Morgan fingerprint density at radius 3 is 1.14 bits per heavy atom. The summed E-state index contributed by atoms with van der Waals surface area (Å²) < 4.78 is 78.4. The summed E-state index contributed by atoms with van der Waals surface area (Å²) in [7, 11) is 0. The molecular formula is C30H16F6N6Zn. The summed E-state index contributed by atoms with van der Waals surface area (Å²) in [4.78, 5) is 9.16. The van der Waals surface area contributed by atoms with Crippen molar-refractivity contribution in [2.24, 2.45) is 0 Å². The average molecular weight is 640 g/mol. The van der Waals surface area contributed by atoms with E-state index in [4.69, 9.17) is 0 Å². The molecule has 0 N–H and O–H groups in total. The van der Waals surface area contributed by atoms with Crippen LogP contribution in [-0.4, -0.2) is 20.2 Å². The summed E-state index contributed by atoms with van der Waals surface area (Å²) >= 11 is 0. The zero-order chi connectivity index (χ0) is 29.5. The normalized spacial score (nSPS) is 11.8. The zero-order valence-corrected chi connectivity index (χ0v) is 24.9. The molecule has 13 heteroatoms. The Hall–Kier alpha value is -4.64. The van der Waals surface area contributed by atoms with Crippen molar-refractivity contribution in [1.82, 2.24) is 30.4 Å². The molecule has 0 spiro atoms. The van der Waals surface area contributed by atoms with E-state index in [0.717, 1.165) is 23.3 Å². The first-order valence-corrected chi connectivity index (χ1v) is 12.4. The predicted molar refractivity (Wildman–Crippen MR) is 141 cm³/mol. The van der Waals surface area contributed by atoms with Crippen LogP contribution in [-0.2, 0) is 31.8 Å². The van der Waals surface area contributed by atoms with Gasteiger partial charge in [0.15, 0.2) is 0 Å². The summed E-state index contributed by atoms with van der Waals surface area (Å²) in [6.45, 7) is 0. The number of pyridine rings is 2. The fraction of sp³-hybridized carbons (Fsp3) is 0.0667. The third-order valence-electron chi connectivity index (χ3n) is 6.38. The number of alkyl halides is 6. The third-order valence-corrected chi connectivity index (χ3v) is 6.38. The van der Waals surface area contributed by atoms with Gasteiger partial charge in [0.05, 0.1) is 22.8 Å². The molecule has 0 radical (unpaired) electrons. The Kier molecular flexibility index (Phi) is 8.03. The molecule has 2 aromatic carbocycles. The van der Waals surface area contributed by atoms with Gasteiger partial charge in [0.25, 0.3) is 0 Å². The molecule has 0 amide bonds. The molecule has 6 nitrogen and oxygen atoms in total. The van der Waals surface area contributed by atoms with Crippen LogP contribution < -0.4 is 10.2 Å². The molecule has 0 atom stereocenters. The summed E-state index contributed by atoms with van der Waals surface area (Å²) in [6, 6.07) is 26.3. The monoisotopic (exact) mass is 638 g/mol. The first-order chi connectivity index (χ1) is 20.1. The molecule has 43 heavy (non-hydrogen) atoms. The first kappa shape index (κ1) is 29.8. The van der Waals surface area contributed by atoms with Crippen molar-refractivity contribution in [2.45, 2.75) is 12.4 Å². The molecule has 0 bridgehead atoms. The number of hydrogen-bond donors (Lipinski definition) is 0. The number of hydrogen-bond acceptors (Lipinski definition) is 4. The van der Waals surface area contributed by atoms with Crippen molar-refractivity contribution in [3.63, 3.8) is 0 Å². The van der Waals surface area contributed by atoms with E-state index in [0.29, 0.717) is 22.5 Å². The van der Waals surface area contributed by atoms with Gasteiger partial charge >= 0.3 is 31.8 Å². The van der Waals surface area contributed by atoms with Crippen molar-refractivity contribution in [3.8, 4) is 56.4 Å². The fourth-order valence-corrected chi connectivity index (χ4v) is 4.45.